The molecule has 0 radical (unpaired) electrons. The van der Waals surface area contributed by atoms with Gasteiger partial charge in [0.25, 0.3) is 0 Å². The molecule has 28 heavy (non-hydrogen) atoms. The van der Waals surface area contributed by atoms with E-state index in [1.54, 1.807) is 12.0 Å². The highest BCUT2D eigenvalue weighted by Crippen LogP contribution is 2.18. The van der Waals surface area contributed by atoms with Gasteiger partial charge in [0.15, 0.2) is 6.29 Å². The van der Waals surface area contributed by atoms with Gasteiger partial charge in [-0.15, -0.1) is 0 Å². The Balaban J connectivity index is 1.63. The smallest absolute Gasteiger partial charge is 0.206 e. The van der Waals surface area contributed by atoms with Gasteiger partial charge in [-0.1, -0.05) is 31.9 Å². The largest absolute Gasteiger partial charge is 0.379 e. The Morgan fingerprint density at radius 1 is 1.11 bits per heavy atom. The molecule has 1 heterocycles. The number of morpholine rings is 1. The Morgan fingerprint density at radius 3 is 2.43 bits per heavy atom. The van der Waals surface area contributed by atoms with E-state index in [4.69, 9.17) is 13.8 Å². The molecule has 160 valence electrons. The molecule has 0 bridgehead atoms. The summed E-state index contributed by atoms with van der Waals surface area (Å²) in [6.07, 6.45) is 4.95. The molecule has 1 N–H and O–H groups in total. The number of nitrogens with zero attached hydrogens (tertiary/aromatic N) is 1. The van der Waals surface area contributed by atoms with Crippen LogP contribution in [0, 0.1) is 5.92 Å². The lowest BCUT2D eigenvalue weighted by molar-refractivity contribution is -0.132. The van der Waals surface area contributed by atoms with E-state index in [9.17, 15) is 9.32 Å². The standard InChI is InChI=1S/C21H35NO5S/c1-17(18(2)26-19(3)23)7-5-4-6-8-20-9-11-21(12-10-20)28(24)27-22-13-15-25-16-14-22/h9-12,17-19,23H,4-8,13-16H2,1-3H3. The third-order valence-electron chi connectivity index (χ3n) is 5.10. The van der Waals surface area contributed by atoms with Gasteiger partial charge in [-0.25, -0.2) is 4.21 Å². The van der Waals surface area contributed by atoms with Crippen molar-refractivity contribution in [2.24, 2.45) is 5.92 Å². The maximum Gasteiger partial charge on any atom is 0.206 e. The van der Waals surface area contributed by atoms with Crippen LogP contribution in [0.4, 0.5) is 0 Å². The second-order valence-corrected chi connectivity index (χ2v) is 8.60. The van der Waals surface area contributed by atoms with Crippen LogP contribution in [-0.2, 0) is 31.3 Å². The van der Waals surface area contributed by atoms with Crippen molar-refractivity contribution in [3.63, 3.8) is 0 Å². The lowest BCUT2D eigenvalue weighted by atomic mass is 9.97. The van der Waals surface area contributed by atoms with Crippen LogP contribution >= 0.6 is 0 Å². The van der Waals surface area contributed by atoms with Crippen LogP contribution in [0.3, 0.4) is 0 Å². The summed E-state index contributed by atoms with van der Waals surface area (Å²) < 4.78 is 28.5. The number of unbranched alkanes of at least 4 members (excludes halogenated alkanes) is 2. The lowest BCUT2D eigenvalue weighted by Crippen LogP contribution is -2.36. The van der Waals surface area contributed by atoms with Crippen molar-refractivity contribution in [1.82, 2.24) is 5.06 Å². The molecular formula is C21H35NO5S. The van der Waals surface area contributed by atoms with Crippen LogP contribution in [0.5, 0.6) is 0 Å². The first-order valence-electron chi connectivity index (χ1n) is 10.3. The minimum Gasteiger partial charge on any atom is -0.379 e. The highest BCUT2D eigenvalue weighted by molar-refractivity contribution is 7.80. The number of rotatable bonds is 12. The van der Waals surface area contributed by atoms with Gasteiger partial charge in [-0.05, 0) is 56.7 Å². The Kier molecular flexibility index (Phi) is 10.6. The number of aliphatic hydroxyl groups is 1. The van der Waals surface area contributed by atoms with E-state index >= 15 is 0 Å². The molecule has 0 saturated carbocycles. The number of benzene rings is 1. The summed E-state index contributed by atoms with van der Waals surface area (Å²) in [6.45, 7) is 8.36. The molecule has 1 aliphatic rings. The zero-order chi connectivity index (χ0) is 20.4. The molecule has 1 saturated heterocycles. The molecule has 0 aliphatic carbocycles. The molecule has 4 atom stereocenters. The Bertz CT molecular complexity index is 575. The third-order valence-corrected chi connectivity index (χ3v) is 6.10. The van der Waals surface area contributed by atoms with Gasteiger partial charge in [0, 0.05) is 13.1 Å². The fourth-order valence-electron chi connectivity index (χ4n) is 3.18. The summed E-state index contributed by atoms with van der Waals surface area (Å²) in [5.74, 6) is 0.440. The predicted molar refractivity (Wildman–Crippen MR) is 110 cm³/mol. The minimum absolute atomic E-state index is 0.0769. The summed E-state index contributed by atoms with van der Waals surface area (Å²) >= 11 is -1.47. The van der Waals surface area contributed by atoms with Crippen LogP contribution in [0.15, 0.2) is 29.2 Å². The van der Waals surface area contributed by atoms with Crippen LogP contribution in [0.1, 0.15) is 52.0 Å². The van der Waals surface area contributed by atoms with Gasteiger partial charge in [0.2, 0.25) is 11.1 Å². The van der Waals surface area contributed by atoms with Crippen molar-refractivity contribution >= 4 is 11.1 Å². The van der Waals surface area contributed by atoms with Crippen LogP contribution in [-0.4, -0.2) is 53.1 Å². The molecule has 4 unspecified atom stereocenters. The molecular weight excluding hydrogens is 378 g/mol. The maximum atomic E-state index is 12.3. The molecule has 1 aromatic carbocycles. The highest BCUT2D eigenvalue weighted by Gasteiger charge is 2.16. The molecule has 0 aromatic heterocycles. The van der Waals surface area contributed by atoms with Crippen LogP contribution < -0.4 is 0 Å². The molecule has 0 spiro atoms. The van der Waals surface area contributed by atoms with Gasteiger partial charge in [-0.3, -0.25) is 0 Å². The lowest BCUT2D eigenvalue weighted by Gasteiger charge is -2.24. The van der Waals surface area contributed by atoms with Gasteiger partial charge < -0.3 is 14.6 Å². The molecule has 1 aromatic rings. The van der Waals surface area contributed by atoms with E-state index < -0.39 is 17.4 Å². The van der Waals surface area contributed by atoms with Gasteiger partial charge in [-0.2, -0.15) is 9.35 Å². The molecule has 1 aliphatic heterocycles. The van der Waals surface area contributed by atoms with Crippen molar-refractivity contribution in [1.29, 1.82) is 0 Å². The predicted octanol–water partition coefficient (Wildman–Crippen LogP) is 3.46. The first kappa shape index (κ1) is 23.4. The third kappa shape index (κ3) is 8.68. The number of hydroxylamine groups is 2. The van der Waals surface area contributed by atoms with Crippen molar-refractivity contribution in [3.8, 4) is 0 Å². The average Bonchev–Trinajstić information content (AvgIpc) is 2.68. The highest BCUT2D eigenvalue weighted by atomic mass is 32.2. The monoisotopic (exact) mass is 413 g/mol. The normalized spacial score (nSPS) is 19.9. The molecule has 2 rings (SSSR count). The molecule has 7 heteroatoms. The number of aryl methyl sites for hydroxylation is 1. The van der Waals surface area contributed by atoms with E-state index in [0.29, 0.717) is 37.1 Å². The van der Waals surface area contributed by atoms with Crippen LogP contribution in [0.25, 0.3) is 0 Å². The Labute approximate surface area is 171 Å². The summed E-state index contributed by atoms with van der Waals surface area (Å²) in [7, 11) is 0. The Hall–Kier alpha value is -0.830. The fraction of sp³-hybridized carbons (Fsp3) is 0.714. The fourth-order valence-corrected chi connectivity index (χ4v) is 3.96. The van der Waals surface area contributed by atoms with Crippen molar-refractivity contribution < 1.29 is 23.1 Å². The quantitative estimate of drug-likeness (QED) is 0.418. The van der Waals surface area contributed by atoms with Crippen molar-refractivity contribution in [2.45, 2.75) is 70.2 Å². The zero-order valence-electron chi connectivity index (χ0n) is 17.3. The van der Waals surface area contributed by atoms with Crippen molar-refractivity contribution in [3.05, 3.63) is 29.8 Å². The maximum absolute atomic E-state index is 12.3. The molecule has 0 amide bonds. The summed E-state index contributed by atoms with van der Waals surface area (Å²) in [5, 5.41) is 11.0. The van der Waals surface area contributed by atoms with E-state index in [0.717, 1.165) is 25.7 Å². The van der Waals surface area contributed by atoms with E-state index in [-0.39, 0.29) is 6.10 Å². The SMILES string of the molecule is CC(O)OC(C)C(C)CCCCCc1ccc(S(=O)ON2CCOCC2)cc1. The molecule has 1 fully saturated rings. The van der Waals surface area contributed by atoms with E-state index in [2.05, 4.69) is 6.92 Å². The summed E-state index contributed by atoms with van der Waals surface area (Å²) in [6, 6.07) is 7.86. The first-order valence-corrected chi connectivity index (χ1v) is 11.4. The first-order chi connectivity index (χ1) is 13.5. The average molecular weight is 414 g/mol. The number of ether oxygens (including phenoxy) is 2. The summed E-state index contributed by atoms with van der Waals surface area (Å²) in [5.41, 5.74) is 1.26. The Morgan fingerprint density at radius 2 is 1.79 bits per heavy atom. The van der Waals surface area contributed by atoms with Gasteiger partial charge in [0.05, 0.1) is 24.2 Å². The second kappa shape index (κ2) is 12.7. The summed E-state index contributed by atoms with van der Waals surface area (Å²) in [4.78, 5) is 0.691. The number of hydrogen-bond donors (Lipinski definition) is 1. The molecule has 6 nitrogen and oxygen atoms in total. The topological polar surface area (TPSA) is 68.2 Å². The van der Waals surface area contributed by atoms with E-state index in [1.807, 2.05) is 31.2 Å². The number of aliphatic hydroxyl groups excluding tert-OH is 1. The minimum atomic E-state index is -1.47. The van der Waals surface area contributed by atoms with E-state index in [1.165, 1.54) is 12.0 Å². The van der Waals surface area contributed by atoms with Gasteiger partial charge in [0.1, 0.15) is 0 Å². The van der Waals surface area contributed by atoms with Gasteiger partial charge >= 0.3 is 0 Å². The second-order valence-electron chi connectivity index (χ2n) is 7.51. The zero-order valence-corrected chi connectivity index (χ0v) is 18.2. The van der Waals surface area contributed by atoms with Crippen LogP contribution in [0.2, 0.25) is 0 Å². The van der Waals surface area contributed by atoms with Crippen molar-refractivity contribution in [2.75, 3.05) is 26.3 Å². The number of hydrogen-bond acceptors (Lipinski definition) is 6.